The van der Waals surface area contributed by atoms with E-state index >= 15 is 0 Å². The number of pyridine rings is 1. The molecule has 23 nitrogen and oxygen atoms in total. The number of nitrogens with zero attached hydrogens (tertiary/aromatic N) is 10. The molecule has 23 heteroatoms. The maximum atomic E-state index is 14.5. The minimum Gasteiger partial charge on any atom is -0.490 e. The third-order valence-corrected chi connectivity index (χ3v) is 11.8. The lowest BCUT2D eigenvalue weighted by Crippen LogP contribution is -2.57. The van der Waals surface area contributed by atoms with Crippen LogP contribution >= 0.6 is 0 Å². The number of primary amides is 2. The Labute approximate surface area is 396 Å². The Hall–Kier alpha value is -7.66. The minimum absolute atomic E-state index is 0.0509. The first-order chi connectivity index (χ1) is 32.9. The number of hydrogen-bond donors (Lipinski definition) is 5. The summed E-state index contributed by atoms with van der Waals surface area (Å²) in [6.07, 6.45) is 5.21. The van der Waals surface area contributed by atoms with Gasteiger partial charge in [0.25, 0.3) is 11.8 Å². The van der Waals surface area contributed by atoms with Crippen molar-refractivity contribution in [3.8, 4) is 5.75 Å². The van der Waals surface area contributed by atoms with E-state index in [1.165, 1.54) is 23.0 Å². The molecule has 1 spiro atoms. The van der Waals surface area contributed by atoms with Gasteiger partial charge in [0.2, 0.25) is 23.7 Å². The Kier molecular flexibility index (Phi) is 13.3. The van der Waals surface area contributed by atoms with E-state index in [-0.39, 0.29) is 66.1 Å². The number of benzene rings is 1. The van der Waals surface area contributed by atoms with Crippen molar-refractivity contribution in [3.63, 3.8) is 0 Å². The second kappa shape index (κ2) is 19.1. The number of rotatable bonds is 17. The Morgan fingerprint density at radius 1 is 0.841 bits per heavy atom. The van der Waals surface area contributed by atoms with Crippen LogP contribution in [-0.4, -0.2) is 123 Å². The van der Waals surface area contributed by atoms with Crippen LogP contribution in [0.5, 0.6) is 5.75 Å². The van der Waals surface area contributed by atoms with Crippen LogP contribution < -0.4 is 32.2 Å². The molecule has 0 atom stereocenters. The number of ether oxygens (including phenoxy) is 3. The average molecular weight is 948 g/mol. The molecule has 69 heavy (non-hydrogen) atoms. The molecule has 7 heterocycles. The summed E-state index contributed by atoms with van der Waals surface area (Å²) in [6, 6.07) is 6.26. The highest BCUT2D eigenvalue weighted by molar-refractivity contribution is 6.09. The summed E-state index contributed by atoms with van der Waals surface area (Å²) in [4.78, 5) is 82.1. The van der Waals surface area contributed by atoms with Gasteiger partial charge < -0.3 is 30.2 Å². The second-order valence-electron chi connectivity index (χ2n) is 18.2. The molecule has 0 unspecified atom stereocenters. The summed E-state index contributed by atoms with van der Waals surface area (Å²) in [5.74, 6) is -1.95. The number of imidazole rings is 2. The zero-order valence-electron chi connectivity index (χ0n) is 39.7. The molecule has 5 amide bonds. The lowest BCUT2D eigenvalue weighted by Gasteiger charge is -2.47. The van der Waals surface area contributed by atoms with Gasteiger partial charge >= 0.3 is 6.09 Å². The zero-order chi connectivity index (χ0) is 49.4. The van der Waals surface area contributed by atoms with Gasteiger partial charge in [-0.25, -0.2) is 19.7 Å². The zero-order valence-corrected chi connectivity index (χ0v) is 39.7. The number of carbonyl (C=O) groups excluding carboxylic acids is 5. The molecule has 0 saturated carbocycles. The van der Waals surface area contributed by atoms with Crippen molar-refractivity contribution in [3.05, 3.63) is 76.5 Å². The Balaban J connectivity index is 1.14. The fraction of sp³-hybridized carbons (Fsp3) is 0.435. The monoisotopic (exact) mass is 947 g/mol. The summed E-state index contributed by atoms with van der Waals surface area (Å²) < 4.78 is 24.0. The maximum Gasteiger partial charge on any atom is 0.412 e. The molecule has 7 N–H and O–H groups in total. The molecule has 0 radical (unpaired) electrons. The SMILES string of the molecule is CCn1nc(C)cc1C(=O)Nc1nc2cc(C(N)=O)cnc2n1C/C=C/Cn1c(NC(=O)c2c(NC(=O)OC(C)(C)C)c(C)nn2CC)nc2cc(C(N)=O)cc(OCCN3CC4(CCOC4)C3)c21. The molecular formula is C46H57N15O8. The maximum absolute atomic E-state index is 14.5. The number of anilines is 3. The summed E-state index contributed by atoms with van der Waals surface area (Å²) in [5.41, 5.74) is 14.1. The van der Waals surface area contributed by atoms with Crippen LogP contribution in [0.1, 0.15) is 94.1 Å². The second-order valence-corrected chi connectivity index (χ2v) is 18.2. The molecule has 0 aliphatic carbocycles. The highest BCUT2D eigenvalue weighted by atomic mass is 16.6. The van der Waals surface area contributed by atoms with Gasteiger partial charge in [-0.3, -0.25) is 54.0 Å². The lowest BCUT2D eigenvalue weighted by molar-refractivity contribution is -0.0130. The number of aryl methyl sites for hydroxylation is 4. The molecule has 2 aliphatic heterocycles. The molecule has 2 saturated heterocycles. The number of allylic oxidation sites excluding steroid dienone is 2. The van der Waals surface area contributed by atoms with Crippen molar-refractivity contribution < 1.29 is 38.2 Å². The van der Waals surface area contributed by atoms with E-state index < -0.39 is 35.3 Å². The van der Waals surface area contributed by atoms with Gasteiger partial charge in [-0.1, -0.05) is 12.2 Å². The fourth-order valence-electron chi connectivity index (χ4n) is 8.67. The molecule has 5 aromatic heterocycles. The topological polar surface area (TPSA) is 289 Å². The predicted octanol–water partition coefficient (Wildman–Crippen LogP) is 4.24. The van der Waals surface area contributed by atoms with Crippen LogP contribution in [-0.2, 0) is 35.7 Å². The van der Waals surface area contributed by atoms with Gasteiger partial charge in [0, 0.05) is 69.6 Å². The standard InChI is InChI=1S/C46H57N15O8/c1-8-60-32(18-26(3)55-60)40(64)53-43-51-31-20-29(38(48)63)22-49-39(31)59(43)14-11-10-13-58-35-30(19-28(37(47)62)21-33(35)68-17-15-57-23-46(24-57)12-16-67-25-46)50-42(58)54-41(65)36-34(27(4)56-61(36)9-2)52-44(66)69-45(5,6)7/h10-11,18-22H,8-9,12-17,23-25H2,1-7H3,(H2,47,62)(H2,48,63)(H,52,66)(H,50,54,65)(H,51,53,64)/b11-10+. The van der Waals surface area contributed by atoms with Crippen LogP contribution in [0.15, 0.2) is 42.6 Å². The number of aromatic nitrogens is 9. The molecule has 2 aliphatic rings. The van der Waals surface area contributed by atoms with E-state index in [0.29, 0.717) is 58.1 Å². The number of fused-ring (bicyclic) bond motifs is 2. The van der Waals surface area contributed by atoms with E-state index in [0.717, 1.165) is 32.7 Å². The normalized spacial score (nSPS) is 14.7. The molecular weight excluding hydrogens is 891 g/mol. The van der Waals surface area contributed by atoms with Crippen molar-refractivity contribution in [2.24, 2.45) is 16.9 Å². The van der Waals surface area contributed by atoms with E-state index in [1.54, 1.807) is 60.6 Å². The molecule has 0 bridgehead atoms. The molecule has 6 aromatic rings. The van der Waals surface area contributed by atoms with Gasteiger partial charge in [-0.15, -0.1) is 0 Å². The number of nitrogens with two attached hydrogens (primary N) is 2. The van der Waals surface area contributed by atoms with E-state index in [1.807, 2.05) is 26.0 Å². The van der Waals surface area contributed by atoms with Gasteiger partial charge in [0.1, 0.15) is 34.7 Å². The van der Waals surface area contributed by atoms with Crippen LogP contribution in [0, 0.1) is 19.3 Å². The van der Waals surface area contributed by atoms with Crippen LogP contribution in [0.3, 0.4) is 0 Å². The highest BCUT2D eigenvalue weighted by Crippen LogP contribution is 2.38. The number of carbonyl (C=O) groups is 5. The first kappa shape index (κ1) is 47.8. The summed E-state index contributed by atoms with van der Waals surface area (Å²) >= 11 is 0. The van der Waals surface area contributed by atoms with Crippen LogP contribution in [0.4, 0.5) is 22.4 Å². The van der Waals surface area contributed by atoms with E-state index in [4.69, 9.17) is 30.7 Å². The van der Waals surface area contributed by atoms with Gasteiger partial charge in [0.05, 0.1) is 34.8 Å². The lowest BCUT2D eigenvalue weighted by atomic mass is 9.79. The summed E-state index contributed by atoms with van der Waals surface area (Å²) in [5, 5.41) is 17.4. The van der Waals surface area contributed by atoms with Gasteiger partial charge in [0.15, 0.2) is 11.3 Å². The quantitative estimate of drug-likeness (QED) is 0.0800. The highest BCUT2D eigenvalue weighted by Gasteiger charge is 2.45. The Morgan fingerprint density at radius 2 is 1.51 bits per heavy atom. The molecule has 8 rings (SSSR count). The Bertz CT molecular complexity index is 3010. The number of nitrogens with one attached hydrogen (secondary N) is 3. The van der Waals surface area contributed by atoms with E-state index in [2.05, 4.69) is 41.0 Å². The fourth-order valence-corrected chi connectivity index (χ4v) is 8.67. The predicted molar refractivity (Wildman–Crippen MR) is 254 cm³/mol. The van der Waals surface area contributed by atoms with Crippen molar-refractivity contribution >= 4 is 69.5 Å². The van der Waals surface area contributed by atoms with Crippen LogP contribution in [0.2, 0.25) is 0 Å². The molecule has 364 valence electrons. The van der Waals surface area contributed by atoms with Crippen molar-refractivity contribution in [2.75, 3.05) is 55.4 Å². The van der Waals surface area contributed by atoms with E-state index in [9.17, 15) is 24.0 Å². The van der Waals surface area contributed by atoms with Crippen molar-refractivity contribution in [1.82, 2.24) is 48.5 Å². The first-order valence-electron chi connectivity index (χ1n) is 22.7. The van der Waals surface area contributed by atoms with Crippen molar-refractivity contribution in [1.29, 1.82) is 0 Å². The number of likely N-dealkylation sites (tertiary alicyclic amines) is 1. The number of hydrogen-bond acceptors (Lipinski definition) is 14. The summed E-state index contributed by atoms with van der Waals surface area (Å²) in [7, 11) is 0. The first-order valence-corrected chi connectivity index (χ1v) is 22.7. The summed E-state index contributed by atoms with van der Waals surface area (Å²) in [6.45, 7) is 17.5. The van der Waals surface area contributed by atoms with Crippen molar-refractivity contribution in [2.45, 2.75) is 86.7 Å². The molecule has 1 aromatic carbocycles. The number of amides is 5. The average Bonchev–Trinajstić information content (AvgIpc) is 4.11. The van der Waals surface area contributed by atoms with Crippen LogP contribution in [0.25, 0.3) is 22.2 Å². The largest absolute Gasteiger partial charge is 0.490 e. The van der Waals surface area contributed by atoms with Gasteiger partial charge in [-0.05, 0) is 79.2 Å². The third-order valence-electron chi connectivity index (χ3n) is 11.8. The van der Waals surface area contributed by atoms with Gasteiger partial charge in [-0.2, -0.15) is 10.2 Å². The smallest absolute Gasteiger partial charge is 0.412 e. The third kappa shape index (κ3) is 10.1. The Morgan fingerprint density at radius 3 is 2.17 bits per heavy atom. The molecule has 2 fully saturated rings. The minimum atomic E-state index is -0.810.